The van der Waals surface area contributed by atoms with Crippen molar-refractivity contribution in [3.05, 3.63) is 36.0 Å². The molecule has 1 heterocycles. The lowest BCUT2D eigenvalue weighted by atomic mass is 10.1. The highest BCUT2D eigenvalue weighted by Crippen LogP contribution is 2.15. The maximum Gasteiger partial charge on any atom is 0.332 e. The van der Waals surface area contributed by atoms with Crippen molar-refractivity contribution in [1.82, 2.24) is 10.4 Å². The number of benzene rings is 1. The number of aromatic amines is 1. The number of fused-ring (bicyclic) bond motifs is 1. The lowest BCUT2D eigenvalue weighted by Crippen LogP contribution is -2.24. The summed E-state index contributed by atoms with van der Waals surface area (Å²) >= 11 is 0. The van der Waals surface area contributed by atoms with Gasteiger partial charge in [-0.05, 0) is 12.1 Å². The average Bonchev–Trinajstić information content (AvgIpc) is 2.65. The van der Waals surface area contributed by atoms with E-state index in [4.69, 9.17) is 5.73 Å². The van der Waals surface area contributed by atoms with Crippen molar-refractivity contribution in [3.63, 3.8) is 0 Å². The lowest BCUT2D eigenvalue weighted by molar-refractivity contribution is 0.249. The van der Waals surface area contributed by atoms with Gasteiger partial charge in [0, 0.05) is 22.7 Å². The van der Waals surface area contributed by atoms with E-state index < -0.39 is 6.03 Å². The van der Waals surface area contributed by atoms with Crippen LogP contribution < -0.4 is 11.2 Å². The smallest absolute Gasteiger partial charge is 0.332 e. The molecule has 2 aromatic rings. The second kappa shape index (κ2) is 3.83. The molecular weight excluding hydrogens is 192 g/mol. The Labute approximate surface area is 86.0 Å². The molecule has 1 aromatic heterocycles. The van der Waals surface area contributed by atoms with Gasteiger partial charge in [-0.2, -0.15) is 5.10 Å². The Balaban J connectivity index is 2.31. The Hall–Kier alpha value is -2.30. The number of primary amides is 1. The highest BCUT2D eigenvalue weighted by molar-refractivity contribution is 5.98. The van der Waals surface area contributed by atoms with Gasteiger partial charge in [-0.3, -0.25) is 0 Å². The zero-order valence-electron chi connectivity index (χ0n) is 7.90. The van der Waals surface area contributed by atoms with Crippen LogP contribution in [-0.2, 0) is 0 Å². The Morgan fingerprint density at radius 3 is 3.13 bits per heavy atom. The summed E-state index contributed by atoms with van der Waals surface area (Å²) in [6, 6.07) is 7.05. The minimum atomic E-state index is -0.674. The number of aromatic nitrogens is 1. The van der Waals surface area contributed by atoms with Crippen LogP contribution in [0.3, 0.4) is 0 Å². The second-order valence-electron chi connectivity index (χ2n) is 3.02. The van der Waals surface area contributed by atoms with Gasteiger partial charge in [0.25, 0.3) is 0 Å². The molecule has 0 saturated carbocycles. The molecule has 5 heteroatoms. The molecule has 0 atom stereocenters. The summed E-state index contributed by atoms with van der Waals surface area (Å²) in [7, 11) is 0. The predicted molar refractivity (Wildman–Crippen MR) is 58.6 cm³/mol. The number of amides is 2. The molecule has 0 aliphatic heterocycles. The van der Waals surface area contributed by atoms with Crippen molar-refractivity contribution >= 4 is 23.1 Å². The molecule has 5 nitrogen and oxygen atoms in total. The van der Waals surface area contributed by atoms with Gasteiger partial charge in [-0.15, -0.1) is 0 Å². The highest BCUT2D eigenvalue weighted by atomic mass is 16.2. The van der Waals surface area contributed by atoms with E-state index >= 15 is 0 Å². The summed E-state index contributed by atoms with van der Waals surface area (Å²) in [5.41, 5.74) is 8.97. The first-order chi connectivity index (χ1) is 7.27. The summed E-state index contributed by atoms with van der Waals surface area (Å²) in [5.74, 6) is 0. The fraction of sp³-hybridized carbons (Fsp3) is 0. The lowest BCUT2D eigenvalue weighted by Gasteiger charge is -1.96. The average molecular weight is 202 g/mol. The zero-order valence-corrected chi connectivity index (χ0v) is 7.90. The summed E-state index contributed by atoms with van der Waals surface area (Å²) in [6.45, 7) is 0. The largest absolute Gasteiger partial charge is 0.361 e. The number of carbonyl (C=O) groups is 1. The number of hydrazone groups is 1. The Morgan fingerprint density at radius 2 is 2.33 bits per heavy atom. The molecule has 2 rings (SSSR count). The molecule has 4 N–H and O–H groups in total. The standard InChI is InChI=1S/C10H10N4O/c11-10(15)14-13-6-7-2-1-3-9-8(7)4-5-12-9/h1-6,12H,(H3,11,14,15). The van der Waals surface area contributed by atoms with Crippen molar-refractivity contribution < 1.29 is 4.79 Å². The van der Waals surface area contributed by atoms with Gasteiger partial charge in [0.15, 0.2) is 0 Å². The van der Waals surface area contributed by atoms with Crippen LogP contribution in [0, 0.1) is 0 Å². The van der Waals surface area contributed by atoms with E-state index in [1.54, 1.807) is 6.21 Å². The van der Waals surface area contributed by atoms with Crippen molar-refractivity contribution in [1.29, 1.82) is 0 Å². The fourth-order valence-corrected chi connectivity index (χ4v) is 1.39. The number of urea groups is 1. The number of nitrogens with zero attached hydrogens (tertiary/aromatic N) is 1. The van der Waals surface area contributed by atoms with E-state index in [0.717, 1.165) is 16.5 Å². The van der Waals surface area contributed by atoms with E-state index in [2.05, 4.69) is 15.5 Å². The van der Waals surface area contributed by atoms with Gasteiger partial charge in [0.05, 0.1) is 6.21 Å². The molecule has 0 spiro atoms. The Bertz CT molecular complexity index is 515. The zero-order chi connectivity index (χ0) is 10.7. The first-order valence-corrected chi connectivity index (χ1v) is 4.42. The van der Waals surface area contributed by atoms with Gasteiger partial charge in [-0.25, -0.2) is 10.2 Å². The molecule has 76 valence electrons. The van der Waals surface area contributed by atoms with Crippen LogP contribution in [0.25, 0.3) is 10.9 Å². The monoisotopic (exact) mass is 202 g/mol. The van der Waals surface area contributed by atoms with E-state index in [1.807, 2.05) is 30.5 Å². The molecule has 0 aliphatic carbocycles. The van der Waals surface area contributed by atoms with Crippen LogP contribution in [0.15, 0.2) is 35.6 Å². The molecular formula is C10H10N4O. The van der Waals surface area contributed by atoms with Crippen LogP contribution in [0.2, 0.25) is 0 Å². The molecule has 0 saturated heterocycles. The molecule has 0 bridgehead atoms. The number of nitrogens with two attached hydrogens (primary N) is 1. The maximum atomic E-state index is 10.4. The third-order valence-corrected chi connectivity index (χ3v) is 2.01. The van der Waals surface area contributed by atoms with Crippen LogP contribution in [0.4, 0.5) is 4.79 Å². The number of hydrogen-bond acceptors (Lipinski definition) is 2. The minimum Gasteiger partial charge on any atom is -0.361 e. The number of rotatable bonds is 2. The Kier molecular flexibility index (Phi) is 2.37. The first-order valence-electron chi connectivity index (χ1n) is 4.42. The molecule has 1 aromatic carbocycles. The molecule has 0 radical (unpaired) electrons. The first kappa shape index (κ1) is 9.26. The van der Waals surface area contributed by atoms with Crippen LogP contribution in [0.5, 0.6) is 0 Å². The molecule has 15 heavy (non-hydrogen) atoms. The quantitative estimate of drug-likeness (QED) is 0.495. The van der Waals surface area contributed by atoms with Gasteiger partial charge >= 0.3 is 6.03 Å². The Morgan fingerprint density at radius 1 is 1.47 bits per heavy atom. The van der Waals surface area contributed by atoms with E-state index in [-0.39, 0.29) is 0 Å². The van der Waals surface area contributed by atoms with Gasteiger partial charge in [0.1, 0.15) is 0 Å². The van der Waals surface area contributed by atoms with Crippen LogP contribution in [-0.4, -0.2) is 17.2 Å². The highest BCUT2D eigenvalue weighted by Gasteiger charge is 1.98. The summed E-state index contributed by atoms with van der Waals surface area (Å²) in [5, 5.41) is 4.76. The van der Waals surface area contributed by atoms with E-state index in [9.17, 15) is 4.79 Å². The molecule has 2 amide bonds. The van der Waals surface area contributed by atoms with Crippen LogP contribution in [0.1, 0.15) is 5.56 Å². The summed E-state index contributed by atoms with van der Waals surface area (Å²) in [6.07, 6.45) is 3.41. The van der Waals surface area contributed by atoms with E-state index in [0.29, 0.717) is 0 Å². The van der Waals surface area contributed by atoms with Gasteiger partial charge in [-0.1, -0.05) is 12.1 Å². The van der Waals surface area contributed by atoms with Crippen molar-refractivity contribution in [2.75, 3.05) is 0 Å². The topological polar surface area (TPSA) is 83.3 Å². The normalized spacial score (nSPS) is 10.9. The third-order valence-electron chi connectivity index (χ3n) is 2.01. The number of H-pyrrole nitrogens is 1. The molecule has 0 aliphatic rings. The minimum absolute atomic E-state index is 0.674. The molecule has 0 unspecified atom stereocenters. The summed E-state index contributed by atoms with van der Waals surface area (Å²) < 4.78 is 0. The number of carbonyl (C=O) groups excluding carboxylic acids is 1. The van der Waals surface area contributed by atoms with Crippen molar-refractivity contribution in [3.8, 4) is 0 Å². The van der Waals surface area contributed by atoms with Gasteiger partial charge < -0.3 is 10.7 Å². The maximum absolute atomic E-state index is 10.4. The number of hydrogen-bond donors (Lipinski definition) is 3. The number of nitrogens with one attached hydrogen (secondary N) is 2. The predicted octanol–water partition coefficient (Wildman–Crippen LogP) is 1.17. The van der Waals surface area contributed by atoms with Crippen molar-refractivity contribution in [2.24, 2.45) is 10.8 Å². The van der Waals surface area contributed by atoms with Gasteiger partial charge in [0.2, 0.25) is 0 Å². The van der Waals surface area contributed by atoms with Crippen molar-refractivity contribution in [2.45, 2.75) is 0 Å². The fourth-order valence-electron chi connectivity index (χ4n) is 1.39. The second-order valence-corrected chi connectivity index (χ2v) is 3.02. The summed E-state index contributed by atoms with van der Waals surface area (Å²) in [4.78, 5) is 13.5. The molecule has 0 fully saturated rings. The van der Waals surface area contributed by atoms with E-state index in [1.165, 1.54) is 0 Å². The third kappa shape index (κ3) is 1.96. The van der Waals surface area contributed by atoms with Crippen LogP contribution >= 0.6 is 0 Å². The SMILES string of the molecule is NC(=O)NN=Cc1cccc2[nH]ccc12.